The van der Waals surface area contributed by atoms with Crippen molar-refractivity contribution in [3.8, 4) is 0 Å². The summed E-state index contributed by atoms with van der Waals surface area (Å²) in [6.07, 6.45) is 2.00. The summed E-state index contributed by atoms with van der Waals surface area (Å²) in [6.45, 7) is 9.50. The van der Waals surface area contributed by atoms with Crippen LogP contribution in [0.25, 0.3) is 0 Å². The fraction of sp³-hybridized carbons (Fsp3) is 0.947. The predicted molar refractivity (Wildman–Crippen MR) is 100 cm³/mol. The highest BCUT2D eigenvalue weighted by Gasteiger charge is 2.41. The first kappa shape index (κ1) is 23.4. The molecule has 26 heavy (non-hydrogen) atoms. The van der Waals surface area contributed by atoms with Crippen molar-refractivity contribution in [2.75, 3.05) is 20.3 Å². The first-order chi connectivity index (χ1) is 12.0. The van der Waals surface area contributed by atoms with Gasteiger partial charge in [0.05, 0.1) is 6.61 Å². The van der Waals surface area contributed by atoms with Crippen LogP contribution in [0.2, 0.25) is 0 Å². The molecular weight excluding hydrogens is 335 g/mol. The largest absolute Gasteiger partial charge is 0.481 e. The highest BCUT2D eigenvalue weighted by Crippen LogP contribution is 2.45. The molecule has 4 atom stereocenters. The van der Waals surface area contributed by atoms with Crippen LogP contribution in [0.3, 0.4) is 0 Å². The minimum atomic E-state index is -0.846. The number of methoxy groups -OCH3 is 1. The number of hydrogen-bond acceptors (Lipinski definition) is 5. The third kappa shape index (κ3) is 6.52. The van der Waals surface area contributed by atoms with Gasteiger partial charge in [-0.2, -0.15) is 0 Å². The molecule has 1 saturated heterocycles. The minimum absolute atomic E-state index is 0.0272. The van der Waals surface area contributed by atoms with E-state index in [-0.39, 0.29) is 23.4 Å². The Kier molecular flexibility index (Phi) is 9.06. The molecule has 150 valence electrons. The molecule has 0 aromatic carbocycles. The van der Waals surface area contributed by atoms with Crippen molar-refractivity contribution >= 4 is 13.8 Å². The minimum Gasteiger partial charge on any atom is -0.481 e. The van der Waals surface area contributed by atoms with Crippen molar-refractivity contribution in [3.05, 3.63) is 0 Å². The second kappa shape index (κ2) is 10.1. The zero-order valence-electron chi connectivity index (χ0n) is 16.9. The molecule has 1 aliphatic rings. The van der Waals surface area contributed by atoms with Crippen LogP contribution < -0.4 is 0 Å². The lowest BCUT2D eigenvalue weighted by Crippen LogP contribution is -2.37. The molecule has 1 rings (SSSR count). The summed E-state index contributed by atoms with van der Waals surface area (Å²) in [4.78, 5) is 10.9. The van der Waals surface area contributed by atoms with E-state index in [1.54, 1.807) is 7.11 Å². The second-order valence-electron chi connectivity index (χ2n) is 8.54. The summed E-state index contributed by atoms with van der Waals surface area (Å²) in [5.74, 6) is -0.747. The van der Waals surface area contributed by atoms with Gasteiger partial charge in [-0.15, -0.1) is 0 Å². The zero-order valence-corrected chi connectivity index (χ0v) is 16.9. The van der Waals surface area contributed by atoms with Crippen LogP contribution in [0.15, 0.2) is 0 Å². The fourth-order valence-corrected chi connectivity index (χ4v) is 3.26. The molecule has 7 heteroatoms. The molecule has 4 unspecified atom stereocenters. The smallest absolute Gasteiger partial charge is 0.303 e. The third-order valence-electron chi connectivity index (χ3n) is 6.00. The molecule has 0 saturated carbocycles. The van der Waals surface area contributed by atoms with Crippen LogP contribution in [0.4, 0.5) is 0 Å². The summed E-state index contributed by atoms with van der Waals surface area (Å²) in [5.41, 5.74) is -0.0303. The molecule has 1 heterocycles. The van der Waals surface area contributed by atoms with E-state index in [1.807, 2.05) is 0 Å². The maximum atomic E-state index is 10.9. The molecular formula is C19H35BO6. The molecule has 0 spiro atoms. The van der Waals surface area contributed by atoms with E-state index >= 15 is 0 Å². The normalized spacial score (nSPS) is 27.0. The van der Waals surface area contributed by atoms with Crippen LogP contribution in [-0.2, 0) is 19.0 Å². The van der Waals surface area contributed by atoms with Crippen molar-refractivity contribution < 1.29 is 29.2 Å². The molecule has 2 radical (unpaired) electrons. The highest BCUT2D eigenvalue weighted by atomic mass is 16.6. The van der Waals surface area contributed by atoms with Gasteiger partial charge in [0, 0.05) is 26.1 Å². The van der Waals surface area contributed by atoms with E-state index in [9.17, 15) is 9.90 Å². The van der Waals surface area contributed by atoms with E-state index in [4.69, 9.17) is 27.2 Å². The first-order valence-corrected chi connectivity index (χ1v) is 9.43. The summed E-state index contributed by atoms with van der Waals surface area (Å²) < 4.78 is 16.4. The predicted octanol–water partition coefficient (Wildman–Crippen LogP) is 2.36. The van der Waals surface area contributed by atoms with Gasteiger partial charge >= 0.3 is 5.97 Å². The van der Waals surface area contributed by atoms with Gasteiger partial charge in [0.15, 0.2) is 0 Å². The lowest BCUT2D eigenvalue weighted by atomic mass is 9.63. The van der Waals surface area contributed by atoms with E-state index in [0.717, 1.165) is 19.3 Å². The number of ether oxygens (including phenoxy) is 3. The summed E-state index contributed by atoms with van der Waals surface area (Å²) in [6, 6.07) is -0.742. The van der Waals surface area contributed by atoms with E-state index in [1.165, 1.54) is 0 Å². The van der Waals surface area contributed by atoms with Crippen LogP contribution in [0.1, 0.15) is 59.8 Å². The molecule has 2 N–H and O–H groups in total. The topological polar surface area (TPSA) is 85.2 Å². The van der Waals surface area contributed by atoms with E-state index in [2.05, 4.69) is 27.7 Å². The third-order valence-corrected chi connectivity index (χ3v) is 6.00. The number of aliphatic hydroxyl groups excluding tert-OH is 1. The number of carbonyl (C=O) groups is 1. The summed E-state index contributed by atoms with van der Waals surface area (Å²) in [5, 5.41) is 19.0. The van der Waals surface area contributed by atoms with Crippen LogP contribution in [0.5, 0.6) is 0 Å². The number of rotatable bonds is 12. The first-order valence-electron chi connectivity index (χ1n) is 9.43. The van der Waals surface area contributed by atoms with Crippen molar-refractivity contribution in [1.82, 2.24) is 0 Å². The average Bonchev–Trinajstić information content (AvgIpc) is 2.80. The molecule has 0 bridgehead atoms. The second-order valence-corrected chi connectivity index (χ2v) is 8.54. The Morgan fingerprint density at radius 3 is 2.35 bits per heavy atom. The monoisotopic (exact) mass is 370 g/mol. The number of aliphatic carboxylic acids is 1. The molecule has 1 fully saturated rings. The molecule has 1 aliphatic heterocycles. The van der Waals surface area contributed by atoms with Crippen LogP contribution in [-0.4, -0.2) is 68.7 Å². The van der Waals surface area contributed by atoms with Gasteiger partial charge < -0.3 is 24.4 Å². The lowest BCUT2D eigenvalue weighted by molar-refractivity contribution is -0.138. The van der Waals surface area contributed by atoms with E-state index in [0.29, 0.717) is 19.6 Å². The zero-order chi connectivity index (χ0) is 20.0. The lowest BCUT2D eigenvalue weighted by Gasteiger charge is -2.42. The quantitative estimate of drug-likeness (QED) is 0.405. The number of unbranched alkanes of at least 4 members (excludes halogenated alkanes) is 1. The Labute approximate surface area is 159 Å². The molecule has 0 aromatic rings. The Hall–Kier alpha value is -0.625. The van der Waals surface area contributed by atoms with Gasteiger partial charge in [-0.3, -0.25) is 4.79 Å². The van der Waals surface area contributed by atoms with Crippen LogP contribution in [0, 0.1) is 10.8 Å². The van der Waals surface area contributed by atoms with Gasteiger partial charge in [0.1, 0.15) is 26.2 Å². The maximum absolute atomic E-state index is 10.9. The summed E-state index contributed by atoms with van der Waals surface area (Å²) >= 11 is 0. The van der Waals surface area contributed by atoms with Crippen molar-refractivity contribution in [3.63, 3.8) is 0 Å². The van der Waals surface area contributed by atoms with E-state index < -0.39 is 24.2 Å². The molecule has 0 aliphatic carbocycles. The average molecular weight is 370 g/mol. The summed E-state index contributed by atoms with van der Waals surface area (Å²) in [7, 11) is 7.30. The van der Waals surface area contributed by atoms with Gasteiger partial charge in [-0.25, -0.2) is 0 Å². The van der Waals surface area contributed by atoms with Gasteiger partial charge in [-0.05, 0) is 30.1 Å². The fourth-order valence-electron chi connectivity index (χ4n) is 3.26. The Bertz CT molecular complexity index is 440. The standard InChI is InChI=1S/C19H35BO6/c1-18(2,19(3,4)10-8-14(21)22)9-6-7-11-25-16-13(12-24-5)26-17(20)15(16)23/h13,15-17,23H,6-12H2,1-5H3,(H,21,22). The van der Waals surface area contributed by atoms with Crippen molar-refractivity contribution in [2.45, 2.75) is 84.1 Å². The highest BCUT2D eigenvalue weighted by molar-refractivity contribution is 6.11. The Morgan fingerprint density at radius 2 is 1.77 bits per heavy atom. The van der Waals surface area contributed by atoms with Gasteiger partial charge in [-0.1, -0.05) is 34.1 Å². The SMILES string of the molecule is [B]C1OC(COC)C(OCCCCC(C)(C)C(C)(C)CCC(=O)O)C1O. The number of carboxylic acids is 1. The number of aliphatic hydroxyl groups is 1. The Balaban J connectivity index is 2.37. The molecule has 0 amide bonds. The maximum Gasteiger partial charge on any atom is 0.303 e. The van der Waals surface area contributed by atoms with Crippen LogP contribution >= 0.6 is 0 Å². The van der Waals surface area contributed by atoms with Crippen molar-refractivity contribution in [1.29, 1.82) is 0 Å². The Morgan fingerprint density at radius 1 is 1.15 bits per heavy atom. The molecule has 0 aromatic heterocycles. The molecule has 6 nitrogen and oxygen atoms in total. The number of hydrogen-bond donors (Lipinski definition) is 2. The van der Waals surface area contributed by atoms with Gasteiger partial charge in [0.25, 0.3) is 0 Å². The number of carboxylic acid groups (broad SMARTS) is 1. The van der Waals surface area contributed by atoms with Gasteiger partial charge in [0.2, 0.25) is 0 Å². The van der Waals surface area contributed by atoms with Crippen molar-refractivity contribution in [2.24, 2.45) is 10.8 Å².